The molecule has 0 fully saturated rings. The molecule has 1 unspecified atom stereocenters. The molecule has 13 nitrogen and oxygen atoms in total. The molecule has 4 aromatic rings. The number of hydrogen-bond donors (Lipinski definition) is 4. The Morgan fingerprint density at radius 1 is 1.10 bits per heavy atom. The molecular formula is C35H37N5O8. The summed E-state index contributed by atoms with van der Waals surface area (Å²) in [5.74, 6) is -0.742. The van der Waals surface area contributed by atoms with Gasteiger partial charge in [-0.05, 0) is 35.1 Å². The first-order valence-electron chi connectivity index (χ1n) is 16.0. The number of hydrogen-bond acceptors (Lipinski definition) is 11. The molecule has 2 amide bonds. The van der Waals surface area contributed by atoms with Gasteiger partial charge in [-0.3, -0.25) is 14.4 Å². The summed E-state index contributed by atoms with van der Waals surface area (Å²) in [4.78, 5) is 48.1. The maximum Gasteiger partial charge on any atom is 0.303 e. The van der Waals surface area contributed by atoms with Gasteiger partial charge < -0.3 is 39.4 Å². The number of amides is 2. The third-order valence-corrected chi connectivity index (χ3v) is 9.13. The first-order valence-corrected chi connectivity index (χ1v) is 16.0. The molecule has 2 aromatic heterocycles. The van der Waals surface area contributed by atoms with Gasteiger partial charge in [0, 0.05) is 24.6 Å². The zero-order chi connectivity index (χ0) is 33.9. The van der Waals surface area contributed by atoms with E-state index in [9.17, 15) is 19.5 Å². The van der Waals surface area contributed by atoms with Crippen molar-refractivity contribution < 1.29 is 37.8 Å². The molecule has 0 radical (unpaired) electrons. The van der Waals surface area contributed by atoms with Crippen LogP contribution in [0.2, 0.25) is 0 Å². The Labute approximate surface area is 276 Å². The maximum absolute atomic E-state index is 14.0. The molecule has 0 saturated carbocycles. The number of rotatable bonds is 7. The summed E-state index contributed by atoms with van der Waals surface area (Å²) in [6.07, 6.45) is -0.378. The third-order valence-electron chi connectivity index (χ3n) is 9.13. The van der Waals surface area contributed by atoms with Gasteiger partial charge >= 0.3 is 5.97 Å². The van der Waals surface area contributed by atoms with Crippen LogP contribution in [0.1, 0.15) is 74.7 Å². The fourth-order valence-electron chi connectivity index (χ4n) is 6.67. The predicted octanol–water partition coefficient (Wildman–Crippen LogP) is 3.74. The molecule has 13 heteroatoms. The molecule has 250 valence electrons. The topological polar surface area (TPSA) is 178 Å². The molecule has 3 aliphatic heterocycles. The lowest BCUT2D eigenvalue weighted by Gasteiger charge is -2.29. The number of para-hydroxylation sites is 1. The summed E-state index contributed by atoms with van der Waals surface area (Å²) >= 11 is 0. The monoisotopic (exact) mass is 655 g/mol. The van der Waals surface area contributed by atoms with Crippen molar-refractivity contribution in [2.45, 2.75) is 77.5 Å². The minimum atomic E-state index is -1.29. The average molecular weight is 656 g/mol. The summed E-state index contributed by atoms with van der Waals surface area (Å²) in [5, 5.41) is 19.9. The van der Waals surface area contributed by atoms with E-state index in [0.29, 0.717) is 22.9 Å². The van der Waals surface area contributed by atoms with Gasteiger partial charge in [0.25, 0.3) is 0 Å². The van der Waals surface area contributed by atoms with E-state index in [0.717, 1.165) is 22.4 Å². The number of nitrogens with one attached hydrogen (secondary N) is 3. The first kappa shape index (κ1) is 31.4. The minimum absolute atomic E-state index is 0.0877. The van der Waals surface area contributed by atoms with Crippen molar-refractivity contribution in [3.63, 3.8) is 0 Å². The number of carbonyl (C=O) groups is 3. The van der Waals surface area contributed by atoms with Crippen molar-refractivity contribution >= 4 is 23.5 Å². The van der Waals surface area contributed by atoms with E-state index in [1.54, 1.807) is 13.8 Å². The zero-order valence-electron chi connectivity index (χ0n) is 27.2. The van der Waals surface area contributed by atoms with Crippen molar-refractivity contribution in [1.82, 2.24) is 20.6 Å². The lowest BCUT2D eigenvalue weighted by atomic mass is 9.72. The maximum atomic E-state index is 14.0. The number of ether oxygens (including phenoxy) is 2. The molecule has 1 spiro atoms. The highest BCUT2D eigenvalue weighted by atomic mass is 16.5. The molecule has 5 heterocycles. The molecule has 4 N–H and O–H groups in total. The van der Waals surface area contributed by atoms with Crippen LogP contribution >= 0.6 is 0 Å². The highest BCUT2D eigenvalue weighted by Crippen LogP contribution is 2.59. The van der Waals surface area contributed by atoms with Crippen molar-refractivity contribution in [2.24, 2.45) is 11.8 Å². The number of esters is 1. The van der Waals surface area contributed by atoms with E-state index in [4.69, 9.17) is 23.3 Å². The SMILES string of the molecule is CC(=O)OCc1coc(-c2nc3oc2C24c5ccccc5N[C@@H]2Oc2ccc(cc24)C[C@H](NC(=O)[C@@H](O)C(C)C)C(=O)N[C@H]3C(C)C)n1. The normalized spacial score (nSPS) is 22.8. The summed E-state index contributed by atoms with van der Waals surface area (Å²) < 4.78 is 24.4. The van der Waals surface area contributed by atoms with E-state index < -0.39 is 47.6 Å². The molecule has 7 rings (SSSR count). The number of aliphatic hydroxyl groups is 1. The van der Waals surface area contributed by atoms with Crippen molar-refractivity contribution in [1.29, 1.82) is 0 Å². The van der Waals surface area contributed by atoms with E-state index >= 15 is 0 Å². The molecule has 48 heavy (non-hydrogen) atoms. The fraction of sp³-hybridized carbons (Fsp3) is 0.400. The molecule has 2 aromatic carbocycles. The smallest absolute Gasteiger partial charge is 0.303 e. The van der Waals surface area contributed by atoms with Gasteiger partial charge in [0.2, 0.25) is 23.6 Å². The number of benzene rings is 2. The van der Waals surface area contributed by atoms with E-state index in [1.165, 1.54) is 13.2 Å². The Morgan fingerprint density at radius 2 is 1.90 bits per heavy atom. The molecule has 4 bridgehead atoms. The van der Waals surface area contributed by atoms with Crippen molar-refractivity contribution in [3.05, 3.63) is 82.8 Å². The van der Waals surface area contributed by atoms with Gasteiger partial charge in [0.05, 0.1) is 0 Å². The second kappa shape index (κ2) is 11.8. The number of oxazole rings is 2. The molecule has 0 saturated heterocycles. The summed E-state index contributed by atoms with van der Waals surface area (Å²) in [6.45, 7) is 8.53. The standard InChI is InChI=1S/C35H37N5O8/c1-16(2)26-33-40-27(32-36-20(15-46-32)14-45-18(5)41)29(48-33)35-21-8-6-7-9-23(21)38-34(35)47-25-11-10-19(12-22(25)35)13-24(30(43)39-26)37-31(44)28(42)17(3)4/h6-12,15-17,24,26,28,34,38,42H,13-14H2,1-5H3,(H,37,44)(H,39,43)/t24-,26-,28-,34+,35?/m0/s1. The van der Waals surface area contributed by atoms with Gasteiger partial charge in [-0.1, -0.05) is 58.0 Å². The largest absolute Gasteiger partial charge is 0.469 e. The van der Waals surface area contributed by atoms with Crippen LogP contribution in [0.5, 0.6) is 5.75 Å². The van der Waals surface area contributed by atoms with Gasteiger partial charge in [-0.15, -0.1) is 0 Å². The highest BCUT2D eigenvalue weighted by molar-refractivity contribution is 5.90. The lowest BCUT2D eigenvalue weighted by Crippen LogP contribution is -2.52. The fourth-order valence-corrected chi connectivity index (χ4v) is 6.67. The predicted molar refractivity (Wildman–Crippen MR) is 170 cm³/mol. The summed E-state index contributed by atoms with van der Waals surface area (Å²) in [7, 11) is 0. The number of fused-ring (bicyclic) bond motifs is 4. The Kier molecular flexibility index (Phi) is 7.74. The molecular weight excluding hydrogens is 618 g/mol. The second-order valence-electron chi connectivity index (χ2n) is 13.2. The Morgan fingerprint density at radius 3 is 2.65 bits per heavy atom. The first-order chi connectivity index (χ1) is 23.0. The quantitative estimate of drug-likeness (QED) is 0.213. The van der Waals surface area contributed by atoms with Crippen LogP contribution in [-0.4, -0.2) is 51.2 Å². The molecule has 0 aliphatic carbocycles. The van der Waals surface area contributed by atoms with Gasteiger partial charge in [0.1, 0.15) is 47.9 Å². The van der Waals surface area contributed by atoms with Gasteiger partial charge in [-0.2, -0.15) is 0 Å². The number of carbonyl (C=O) groups excluding carboxylic acids is 3. The van der Waals surface area contributed by atoms with Crippen LogP contribution < -0.4 is 20.7 Å². The van der Waals surface area contributed by atoms with Gasteiger partial charge in [-0.25, -0.2) is 9.97 Å². The van der Waals surface area contributed by atoms with Crippen LogP contribution in [0, 0.1) is 11.8 Å². The van der Waals surface area contributed by atoms with Crippen molar-refractivity contribution in [3.8, 4) is 17.3 Å². The molecule has 3 aliphatic rings. The summed E-state index contributed by atoms with van der Waals surface area (Å²) in [5.41, 5.74) is 2.87. The van der Waals surface area contributed by atoms with Crippen LogP contribution in [0.4, 0.5) is 5.69 Å². The van der Waals surface area contributed by atoms with Crippen LogP contribution in [0.25, 0.3) is 11.6 Å². The zero-order valence-corrected chi connectivity index (χ0v) is 27.2. The van der Waals surface area contributed by atoms with E-state index in [1.807, 2.05) is 56.3 Å². The second-order valence-corrected chi connectivity index (χ2v) is 13.2. The number of anilines is 1. The lowest BCUT2D eigenvalue weighted by molar-refractivity contribution is -0.142. The number of nitrogens with zero attached hydrogens (tertiary/aromatic N) is 2. The van der Waals surface area contributed by atoms with E-state index in [-0.39, 0.29) is 36.6 Å². The van der Waals surface area contributed by atoms with Crippen LogP contribution in [0.15, 0.2) is 57.6 Å². The Balaban J connectivity index is 1.45. The average Bonchev–Trinajstić information content (AvgIpc) is 3.82. The van der Waals surface area contributed by atoms with Gasteiger partial charge in [0.15, 0.2) is 17.7 Å². The Bertz CT molecular complexity index is 1910. The van der Waals surface area contributed by atoms with E-state index in [2.05, 4.69) is 20.9 Å². The highest BCUT2D eigenvalue weighted by Gasteiger charge is 2.61. The third kappa shape index (κ3) is 5.09. The molecule has 5 atom stereocenters. The van der Waals surface area contributed by atoms with Crippen LogP contribution in [-0.2, 0) is 37.6 Å². The van der Waals surface area contributed by atoms with Crippen LogP contribution in [0.3, 0.4) is 0 Å². The number of aromatic nitrogens is 2. The van der Waals surface area contributed by atoms with Crippen molar-refractivity contribution in [2.75, 3.05) is 5.32 Å². The minimum Gasteiger partial charge on any atom is -0.469 e. The Hall–Kier alpha value is -5.17. The number of aliphatic hydroxyl groups excluding tert-OH is 1. The summed E-state index contributed by atoms with van der Waals surface area (Å²) in [6, 6.07) is 11.8.